The monoisotopic (exact) mass is 274 g/mol. The van der Waals surface area contributed by atoms with Crippen molar-refractivity contribution in [1.29, 1.82) is 0 Å². The molecule has 0 aliphatic rings. The summed E-state index contributed by atoms with van der Waals surface area (Å²) in [6.07, 6.45) is 0. The molecule has 20 heavy (non-hydrogen) atoms. The van der Waals surface area contributed by atoms with Gasteiger partial charge in [0.15, 0.2) is 0 Å². The van der Waals surface area contributed by atoms with Crippen LogP contribution in [0.15, 0.2) is 42.5 Å². The molecule has 0 saturated carbocycles. The Kier molecular flexibility index (Phi) is 4.58. The molecule has 2 rings (SSSR count). The standard InChI is InChI=1S/C16H19FN2O/c1-19(11-12-3-6-14(17)7-4-12)16-9-15(20-2)8-5-13(16)10-18/h3-9H,10-11,18H2,1-2H3. The summed E-state index contributed by atoms with van der Waals surface area (Å²) in [5.41, 5.74) is 8.89. The molecule has 0 aliphatic carbocycles. The number of hydrogen-bond acceptors (Lipinski definition) is 3. The molecule has 0 aromatic heterocycles. The number of anilines is 1. The van der Waals surface area contributed by atoms with Gasteiger partial charge in [0.05, 0.1) is 7.11 Å². The third-order valence-electron chi connectivity index (χ3n) is 3.26. The summed E-state index contributed by atoms with van der Waals surface area (Å²) in [5, 5.41) is 0. The fourth-order valence-corrected chi connectivity index (χ4v) is 2.15. The van der Waals surface area contributed by atoms with Crippen molar-refractivity contribution in [3.63, 3.8) is 0 Å². The topological polar surface area (TPSA) is 38.5 Å². The molecule has 0 amide bonds. The first-order valence-electron chi connectivity index (χ1n) is 6.46. The fraction of sp³-hybridized carbons (Fsp3) is 0.250. The maximum absolute atomic E-state index is 12.9. The highest BCUT2D eigenvalue weighted by atomic mass is 19.1. The van der Waals surface area contributed by atoms with E-state index >= 15 is 0 Å². The van der Waals surface area contributed by atoms with Crippen molar-refractivity contribution < 1.29 is 9.13 Å². The van der Waals surface area contributed by atoms with E-state index in [9.17, 15) is 4.39 Å². The number of ether oxygens (including phenoxy) is 1. The second kappa shape index (κ2) is 6.39. The van der Waals surface area contributed by atoms with Crippen LogP contribution in [0, 0.1) is 5.82 Å². The number of benzene rings is 2. The predicted molar refractivity (Wildman–Crippen MR) is 79.4 cm³/mol. The molecule has 0 atom stereocenters. The third kappa shape index (κ3) is 3.27. The lowest BCUT2D eigenvalue weighted by Gasteiger charge is -2.23. The van der Waals surface area contributed by atoms with Crippen LogP contribution in [0.4, 0.5) is 10.1 Å². The molecule has 0 bridgehead atoms. The van der Waals surface area contributed by atoms with Crippen molar-refractivity contribution in [2.24, 2.45) is 5.73 Å². The Morgan fingerprint density at radius 1 is 1.15 bits per heavy atom. The van der Waals surface area contributed by atoms with E-state index in [0.717, 1.165) is 22.6 Å². The summed E-state index contributed by atoms with van der Waals surface area (Å²) in [6.45, 7) is 1.15. The van der Waals surface area contributed by atoms with Crippen LogP contribution in [0.3, 0.4) is 0 Å². The number of hydrogen-bond donors (Lipinski definition) is 1. The number of nitrogens with zero attached hydrogens (tertiary/aromatic N) is 1. The van der Waals surface area contributed by atoms with Crippen molar-refractivity contribution in [2.45, 2.75) is 13.1 Å². The van der Waals surface area contributed by atoms with Gasteiger partial charge in [-0.2, -0.15) is 0 Å². The molecule has 0 radical (unpaired) electrons. The molecular weight excluding hydrogens is 255 g/mol. The predicted octanol–water partition coefficient (Wildman–Crippen LogP) is 2.93. The van der Waals surface area contributed by atoms with Crippen molar-refractivity contribution in [3.05, 3.63) is 59.4 Å². The Morgan fingerprint density at radius 3 is 2.45 bits per heavy atom. The van der Waals surface area contributed by atoms with Crippen LogP contribution in [-0.4, -0.2) is 14.2 Å². The van der Waals surface area contributed by atoms with E-state index in [0.29, 0.717) is 13.1 Å². The van der Waals surface area contributed by atoms with E-state index in [1.54, 1.807) is 19.2 Å². The quantitative estimate of drug-likeness (QED) is 0.911. The highest BCUT2D eigenvalue weighted by molar-refractivity contribution is 5.57. The fourth-order valence-electron chi connectivity index (χ4n) is 2.15. The highest BCUT2D eigenvalue weighted by Crippen LogP contribution is 2.26. The van der Waals surface area contributed by atoms with Gasteiger partial charge in [-0.1, -0.05) is 18.2 Å². The molecule has 106 valence electrons. The summed E-state index contributed by atoms with van der Waals surface area (Å²) in [5.74, 6) is 0.573. The van der Waals surface area contributed by atoms with Crippen LogP contribution in [0.25, 0.3) is 0 Å². The molecule has 0 fully saturated rings. The minimum Gasteiger partial charge on any atom is -0.497 e. The molecular formula is C16H19FN2O. The number of rotatable bonds is 5. The second-order valence-corrected chi connectivity index (χ2v) is 4.68. The third-order valence-corrected chi connectivity index (χ3v) is 3.26. The zero-order valence-corrected chi connectivity index (χ0v) is 11.8. The largest absolute Gasteiger partial charge is 0.497 e. The molecule has 0 aliphatic heterocycles. The molecule has 3 nitrogen and oxygen atoms in total. The van der Waals surface area contributed by atoms with Crippen LogP contribution in [0.2, 0.25) is 0 Å². The maximum atomic E-state index is 12.9. The Bertz CT molecular complexity index is 569. The molecule has 4 heteroatoms. The van der Waals surface area contributed by atoms with Crippen molar-refractivity contribution in [2.75, 3.05) is 19.1 Å². The smallest absolute Gasteiger partial charge is 0.123 e. The molecule has 0 saturated heterocycles. The first-order valence-corrected chi connectivity index (χ1v) is 6.46. The summed E-state index contributed by atoms with van der Waals surface area (Å²) in [7, 11) is 3.62. The second-order valence-electron chi connectivity index (χ2n) is 4.68. The number of methoxy groups -OCH3 is 1. The van der Waals surface area contributed by atoms with Gasteiger partial charge in [-0.3, -0.25) is 0 Å². The van der Waals surface area contributed by atoms with E-state index in [2.05, 4.69) is 4.90 Å². The van der Waals surface area contributed by atoms with Crippen molar-refractivity contribution in [1.82, 2.24) is 0 Å². The van der Waals surface area contributed by atoms with Gasteiger partial charge in [0, 0.05) is 31.9 Å². The van der Waals surface area contributed by atoms with Crippen LogP contribution < -0.4 is 15.4 Å². The SMILES string of the molecule is COc1ccc(CN)c(N(C)Cc2ccc(F)cc2)c1. The first kappa shape index (κ1) is 14.3. The van der Waals surface area contributed by atoms with E-state index < -0.39 is 0 Å². The van der Waals surface area contributed by atoms with Crippen molar-refractivity contribution in [3.8, 4) is 5.75 Å². The number of halogens is 1. The van der Waals surface area contributed by atoms with Gasteiger partial charge in [0.1, 0.15) is 11.6 Å². The molecule has 0 spiro atoms. The zero-order chi connectivity index (χ0) is 14.5. The van der Waals surface area contributed by atoms with Crippen LogP contribution in [0.1, 0.15) is 11.1 Å². The highest BCUT2D eigenvalue weighted by Gasteiger charge is 2.09. The minimum atomic E-state index is -0.222. The summed E-state index contributed by atoms with van der Waals surface area (Å²) in [4.78, 5) is 2.08. The van der Waals surface area contributed by atoms with Gasteiger partial charge in [-0.05, 0) is 29.3 Å². The summed E-state index contributed by atoms with van der Waals surface area (Å²) < 4.78 is 18.2. The molecule has 2 aromatic carbocycles. The molecule has 0 heterocycles. The molecule has 0 unspecified atom stereocenters. The Labute approximate surface area is 118 Å². The number of nitrogens with two attached hydrogens (primary N) is 1. The average molecular weight is 274 g/mol. The molecule has 2 aromatic rings. The van der Waals surface area contributed by atoms with E-state index in [1.165, 1.54) is 12.1 Å². The van der Waals surface area contributed by atoms with Gasteiger partial charge >= 0.3 is 0 Å². The van der Waals surface area contributed by atoms with Gasteiger partial charge in [0.2, 0.25) is 0 Å². The van der Waals surface area contributed by atoms with E-state index in [-0.39, 0.29) is 5.82 Å². The van der Waals surface area contributed by atoms with Gasteiger partial charge in [0.25, 0.3) is 0 Å². The zero-order valence-electron chi connectivity index (χ0n) is 11.8. The lowest BCUT2D eigenvalue weighted by atomic mass is 10.1. The minimum absolute atomic E-state index is 0.222. The van der Waals surface area contributed by atoms with Crippen LogP contribution in [-0.2, 0) is 13.1 Å². The van der Waals surface area contributed by atoms with Crippen molar-refractivity contribution >= 4 is 5.69 Å². The summed E-state index contributed by atoms with van der Waals surface area (Å²) in [6, 6.07) is 12.3. The first-order chi connectivity index (χ1) is 9.63. The van der Waals surface area contributed by atoms with E-state index in [1.807, 2.05) is 25.2 Å². The lowest BCUT2D eigenvalue weighted by molar-refractivity contribution is 0.414. The summed E-state index contributed by atoms with van der Waals surface area (Å²) >= 11 is 0. The maximum Gasteiger partial charge on any atom is 0.123 e. The van der Waals surface area contributed by atoms with Crippen LogP contribution >= 0.6 is 0 Å². The normalized spacial score (nSPS) is 10.4. The average Bonchev–Trinajstić information content (AvgIpc) is 2.48. The lowest BCUT2D eigenvalue weighted by Crippen LogP contribution is -2.19. The van der Waals surface area contributed by atoms with Gasteiger partial charge in [-0.25, -0.2) is 4.39 Å². The van der Waals surface area contributed by atoms with Gasteiger partial charge < -0.3 is 15.4 Å². The Hall–Kier alpha value is -2.07. The van der Waals surface area contributed by atoms with Crippen LogP contribution in [0.5, 0.6) is 5.75 Å². The Balaban J connectivity index is 2.23. The van der Waals surface area contributed by atoms with Gasteiger partial charge in [-0.15, -0.1) is 0 Å². The van der Waals surface area contributed by atoms with E-state index in [4.69, 9.17) is 10.5 Å². The molecule has 2 N–H and O–H groups in total. The Morgan fingerprint density at radius 2 is 1.85 bits per heavy atom.